The van der Waals surface area contributed by atoms with E-state index in [1.165, 1.54) is 31.8 Å². The van der Waals surface area contributed by atoms with E-state index in [0.29, 0.717) is 0 Å². The van der Waals surface area contributed by atoms with E-state index in [1.807, 2.05) is 11.8 Å². The van der Waals surface area contributed by atoms with E-state index in [1.54, 1.807) is 4.37 Å². The van der Waals surface area contributed by atoms with Gasteiger partial charge in [-0.25, -0.2) is 8.42 Å². The maximum atomic E-state index is 10.1. The van der Waals surface area contributed by atoms with Crippen LogP contribution in [0.5, 0.6) is 0 Å². The van der Waals surface area contributed by atoms with Crippen LogP contribution in [0.2, 0.25) is 0 Å². The fourth-order valence-corrected chi connectivity index (χ4v) is 20.8. The maximum absolute atomic E-state index is 10.1. The van der Waals surface area contributed by atoms with E-state index in [9.17, 15) is 3.89 Å². The molecule has 8 heteroatoms. The van der Waals surface area contributed by atoms with Crippen molar-refractivity contribution < 1.29 is 16.9 Å². The summed E-state index contributed by atoms with van der Waals surface area (Å²) in [6.07, 6.45) is 2.31. The average molecular weight is 683 g/mol. The van der Waals surface area contributed by atoms with Gasteiger partial charge in [0.1, 0.15) is 20.3 Å². The zero-order chi connectivity index (χ0) is 32.5. The molecule has 46 heavy (non-hydrogen) atoms. The lowest BCUT2D eigenvalue weighted by molar-refractivity contribution is 0.417. The Kier molecular flexibility index (Phi) is 11.1. The smallest absolute Gasteiger partial charge is 0.255 e. The Balaban J connectivity index is 0.000000775. The van der Waals surface area contributed by atoms with Crippen LogP contribution >= 0.6 is 25.9 Å². The van der Waals surface area contributed by atoms with Crippen molar-refractivity contribution in [2.24, 2.45) is 0 Å². The number of halogens is 1. The summed E-state index contributed by atoms with van der Waals surface area (Å²) in [4.78, 5) is 0. The van der Waals surface area contributed by atoms with Crippen molar-refractivity contribution >= 4 is 72.6 Å². The van der Waals surface area contributed by atoms with Crippen LogP contribution in [0.1, 0.15) is 0 Å². The average Bonchev–Trinajstić information content (AvgIpc) is 3.10. The van der Waals surface area contributed by atoms with Crippen molar-refractivity contribution in [1.82, 2.24) is 0 Å². The second-order valence-electron chi connectivity index (χ2n) is 10.2. The van der Waals surface area contributed by atoms with Crippen molar-refractivity contribution in [1.29, 1.82) is 0 Å². The molecule has 0 radical (unpaired) electrons. The molecule has 0 spiro atoms. The van der Waals surface area contributed by atoms with Crippen molar-refractivity contribution in [2.45, 2.75) is 0 Å². The third-order valence-corrected chi connectivity index (χ3v) is 20.1. The minimum Gasteiger partial charge on any atom is -0.722 e. The molecule has 0 bridgehead atoms. The normalized spacial score (nSPS) is 11.6. The molecule has 0 saturated carbocycles. The van der Waals surface area contributed by atoms with Gasteiger partial charge in [0.15, 0.2) is 7.26 Å². The quantitative estimate of drug-likeness (QED) is 0.100. The summed E-state index contributed by atoms with van der Waals surface area (Å²) < 4.78 is 36.9. The molecule has 0 aromatic heterocycles. The van der Waals surface area contributed by atoms with Gasteiger partial charge < -0.3 is 4.55 Å². The summed E-state index contributed by atoms with van der Waals surface area (Å²) in [7, 11) is -7.77. The molecule has 6 aromatic carbocycles. The second kappa shape index (κ2) is 15.2. The lowest BCUT2D eigenvalue weighted by Gasteiger charge is -2.37. The SMILES string of the molecule is CSC(=P(c1ccccc1)(c1ccccc1)c1ccccc1)[P+](c1ccccc1)(c1ccccc1)c1ccccc1.O=S(=O)([O-])F. The lowest BCUT2D eigenvalue weighted by atomic mass is 10.4. The zero-order valence-electron chi connectivity index (χ0n) is 25.1. The molecule has 0 N–H and O–H groups in total. The molecule has 0 aliphatic heterocycles. The monoisotopic (exact) mass is 682 g/mol. The molecule has 6 rings (SSSR count). The Morgan fingerprint density at radius 1 is 0.522 bits per heavy atom. The predicted molar refractivity (Wildman–Crippen MR) is 200 cm³/mol. The Morgan fingerprint density at radius 2 is 0.739 bits per heavy atom. The van der Waals surface area contributed by atoms with E-state index in [2.05, 4.69) is 188 Å². The van der Waals surface area contributed by atoms with Gasteiger partial charge >= 0.3 is 0 Å². The number of benzene rings is 6. The highest BCUT2D eigenvalue weighted by Gasteiger charge is 2.54. The first-order valence-corrected chi connectivity index (χ1v) is 20.6. The van der Waals surface area contributed by atoms with Crippen LogP contribution < -0.4 is 31.8 Å². The number of thioether (sulfide) groups is 1. The third-order valence-electron chi connectivity index (χ3n) is 7.62. The number of hydrogen-bond acceptors (Lipinski definition) is 4. The first-order chi connectivity index (χ1) is 22.3. The highest BCUT2D eigenvalue weighted by atomic mass is 32.3. The lowest BCUT2D eigenvalue weighted by Crippen LogP contribution is -2.40. The number of rotatable bonds is 8. The van der Waals surface area contributed by atoms with Gasteiger partial charge in [0, 0.05) is 6.89 Å². The van der Waals surface area contributed by atoms with Crippen LogP contribution in [0.3, 0.4) is 0 Å². The molecule has 0 unspecified atom stereocenters. The summed E-state index contributed by atoms with van der Waals surface area (Å²) >= 11 is 1.97. The minimum atomic E-state index is -5.42. The molecule has 6 aromatic rings. The second-order valence-corrected chi connectivity index (χ2v) is 19.5. The third kappa shape index (κ3) is 6.98. The van der Waals surface area contributed by atoms with Crippen molar-refractivity contribution in [3.63, 3.8) is 0 Å². The fourth-order valence-electron chi connectivity index (χ4n) is 5.97. The van der Waals surface area contributed by atoms with Crippen LogP contribution in [-0.2, 0) is 10.5 Å². The van der Waals surface area contributed by atoms with Gasteiger partial charge in [-0.05, 0) is 58.6 Å². The fraction of sp³-hybridized carbons (Fsp3) is 0.0263. The summed E-state index contributed by atoms with van der Waals surface area (Å²) in [5, 5.41) is 8.30. The number of hydrogen-bond donors (Lipinski definition) is 0. The van der Waals surface area contributed by atoms with Crippen molar-refractivity contribution in [2.75, 3.05) is 6.26 Å². The van der Waals surface area contributed by atoms with Gasteiger partial charge in [0.05, 0.1) is 0 Å². The first-order valence-electron chi connectivity index (χ1n) is 14.5. The summed E-state index contributed by atoms with van der Waals surface area (Å²) in [5.41, 5.74) is 0. The zero-order valence-corrected chi connectivity index (χ0v) is 28.6. The Bertz CT molecular complexity index is 1790. The largest absolute Gasteiger partial charge is 0.722 e. The standard InChI is InChI=1S/C38H33P2S.FHO3S/c1-41-38(39(32-20-8-2-9-21-32,33-22-10-3-11-23-33)34-24-12-4-13-25-34)40(35-26-14-5-15-27-35,36-28-16-6-17-29-36)37-30-18-7-19-31-37;1-5(2,3)4/h2-31H,1H3;(H,2,3,4)/q+1;/p-1. The van der Waals surface area contributed by atoms with E-state index in [0.717, 1.165) is 0 Å². The van der Waals surface area contributed by atoms with Gasteiger partial charge in [-0.1, -0.05) is 157 Å². The van der Waals surface area contributed by atoms with Crippen molar-refractivity contribution in [3.05, 3.63) is 182 Å². The molecular weight excluding hydrogens is 649 g/mol. The summed E-state index contributed by atoms with van der Waals surface area (Å²) in [5.74, 6) is 0. The Morgan fingerprint density at radius 3 is 0.957 bits per heavy atom. The molecule has 0 atom stereocenters. The Labute approximate surface area is 276 Å². The minimum absolute atomic E-state index is 1.38. The molecule has 0 saturated heterocycles. The molecule has 0 fully saturated rings. The summed E-state index contributed by atoms with van der Waals surface area (Å²) in [6.45, 7) is -2.35. The highest BCUT2D eigenvalue weighted by Crippen LogP contribution is 2.68. The van der Waals surface area contributed by atoms with Gasteiger partial charge in [-0.15, -0.1) is 3.89 Å². The topological polar surface area (TPSA) is 57.2 Å². The van der Waals surface area contributed by atoms with Gasteiger partial charge in [0.2, 0.25) is 0 Å². The molecule has 0 heterocycles. The molecule has 0 aliphatic rings. The van der Waals surface area contributed by atoms with Crippen LogP contribution in [0.25, 0.3) is 0 Å². The van der Waals surface area contributed by atoms with Crippen LogP contribution in [0.15, 0.2) is 182 Å². The summed E-state index contributed by atoms with van der Waals surface area (Å²) in [6, 6.07) is 67.7. The van der Waals surface area contributed by atoms with Gasteiger partial charge in [-0.3, -0.25) is 0 Å². The van der Waals surface area contributed by atoms with Gasteiger partial charge in [-0.2, -0.15) is 0 Å². The van der Waals surface area contributed by atoms with Crippen LogP contribution in [-0.4, -0.2) is 23.6 Å². The van der Waals surface area contributed by atoms with E-state index in [4.69, 9.17) is 13.0 Å². The van der Waals surface area contributed by atoms with E-state index in [-0.39, 0.29) is 0 Å². The molecular formula is C38H33FO3P2S2. The Hall–Kier alpha value is -3.76. The molecule has 0 amide bonds. The predicted octanol–water partition coefficient (Wildman–Crippen LogP) is 6.84. The maximum Gasteiger partial charge on any atom is 0.255 e. The first kappa shape index (κ1) is 33.6. The molecule has 232 valence electrons. The van der Waals surface area contributed by atoms with Crippen LogP contribution in [0.4, 0.5) is 3.89 Å². The highest BCUT2D eigenvalue weighted by molar-refractivity contribution is 8.44. The van der Waals surface area contributed by atoms with Crippen molar-refractivity contribution in [3.8, 4) is 0 Å². The molecule has 3 nitrogen and oxygen atoms in total. The van der Waals surface area contributed by atoms with Gasteiger partial charge in [0.25, 0.3) is 10.5 Å². The van der Waals surface area contributed by atoms with Crippen LogP contribution in [0, 0.1) is 0 Å². The van der Waals surface area contributed by atoms with E-state index >= 15 is 0 Å². The molecule has 0 aliphatic carbocycles. The van der Waals surface area contributed by atoms with E-state index < -0.39 is 24.7 Å².